The number of aldehydes is 1. The maximum Gasteiger partial charge on any atom is 0.130 e. The summed E-state index contributed by atoms with van der Waals surface area (Å²) in [5.74, 6) is 0. The van der Waals surface area contributed by atoms with Crippen molar-refractivity contribution in [2.75, 3.05) is 0 Å². The second-order valence-corrected chi connectivity index (χ2v) is 4.09. The van der Waals surface area contributed by atoms with Crippen molar-refractivity contribution in [3.8, 4) is 0 Å². The highest BCUT2D eigenvalue weighted by atomic mass is 16.1. The fourth-order valence-electron chi connectivity index (χ4n) is 1.96. The molecular weight excluding hydrogens is 160 g/mol. The molecule has 0 heterocycles. The molecule has 0 atom stereocenters. The minimum Gasteiger partial charge on any atom is -0.302 e. The van der Waals surface area contributed by atoms with Crippen LogP contribution in [0.5, 0.6) is 0 Å². The van der Waals surface area contributed by atoms with Crippen LogP contribution in [-0.2, 0) is 10.2 Å². The first-order valence-electron chi connectivity index (χ1n) is 4.72. The average molecular weight is 174 g/mol. The van der Waals surface area contributed by atoms with Gasteiger partial charge in [0.25, 0.3) is 0 Å². The zero-order valence-electron chi connectivity index (χ0n) is 8.13. The van der Waals surface area contributed by atoms with Gasteiger partial charge in [0.05, 0.1) is 5.41 Å². The molecule has 2 rings (SSSR count). The highest BCUT2D eigenvalue weighted by Crippen LogP contribution is 2.47. The van der Waals surface area contributed by atoms with Crippen LogP contribution in [0.4, 0.5) is 0 Å². The first-order chi connectivity index (χ1) is 6.18. The van der Waals surface area contributed by atoms with Gasteiger partial charge >= 0.3 is 0 Å². The summed E-state index contributed by atoms with van der Waals surface area (Å²) in [6.07, 6.45) is 3.17. The van der Waals surface area contributed by atoms with E-state index in [1.165, 1.54) is 16.7 Å². The molecule has 68 valence electrons. The van der Waals surface area contributed by atoms with E-state index in [0.717, 1.165) is 19.1 Å². The van der Waals surface area contributed by atoms with Crippen molar-refractivity contribution in [3.63, 3.8) is 0 Å². The average Bonchev–Trinajstić information content (AvgIpc) is 2.85. The maximum atomic E-state index is 10.9. The summed E-state index contributed by atoms with van der Waals surface area (Å²) in [6, 6.07) is 6.34. The monoisotopic (exact) mass is 174 g/mol. The van der Waals surface area contributed by atoms with Crippen LogP contribution in [0.3, 0.4) is 0 Å². The molecule has 1 nitrogen and oxygen atoms in total. The molecular formula is C12H14O. The molecule has 0 N–H and O–H groups in total. The SMILES string of the molecule is Cc1ccc(C2(C=O)CC2)c(C)c1. The van der Waals surface area contributed by atoms with Gasteiger partial charge in [0.15, 0.2) is 0 Å². The smallest absolute Gasteiger partial charge is 0.130 e. The molecule has 0 bridgehead atoms. The minimum atomic E-state index is -0.113. The predicted octanol–water partition coefficient (Wildman–Crippen LogP) is 2.53. The lowest BCUT2D eigenvalue weighted by molar-refractivity contribution is -0.109. The molecule has 13 heavy (non-hydrogen) atoms. The van der Waals surface area contributed by atoms with Gasteiger partial charge in [-0.3, -0.25) is 0 Å². The van der Waals surface area contributed by atoms with E-state index in [9.17, 15) is 4.79 Å². The molecule has 1 aliphatic carbocycles. The molecule has 0 aromatic heterocycles. The maximum absolute atomic E-state index is 10.9. The van der Waals surface area contributed by atoms with Crippen LogP contribution in [0.25, 0.3) is 0 Å². The van der Waals surface area contributed by atoms with Crippen LogP contribution in [0.15, 0.2) is 18.2 Å². The first kappa shape index (κ1) is 8.49. The van der Waals surface area contributed by atoms with Gasteiger partial charge in [0, 0.05) is 0 Å². The predicted molar refractivity (Wildman–Crippen MR) is 52.9 cm³/mol. The zero-order valence-corrected chi connectivity index (χ0v) is 8.13. The van der Waals surface area contributed by atoms with Crippen LogP contribution in [0, 0.1) is 13.8 Å². The quantitative estimate of drug-likeness (QED) is 0.630. The van der Waals surface area contributed by atoms with Crippen LogP contribution in [-0.4, -0.2) is 6.29 Å². The normalized spacial score (nSPS) is 18.3. The van der Waals surface area contributed by atoms with Crippen molar-refractivity contribution in [2.24, 2.45) is 0 Å². The molecule has 0 spiro atoms. The minimum absolute atomic E-state index is 0.113. The second-order valence-electron chi connectivity index (χ2n) is 4.09. The Labute approximate surface area is 78.8 Å². The first-order valence-corrected chi connectivity index (χ1v) is 4.72. The van der Waals surface area contributed by atoms with E-state index in [1.807, 2.05) is 0 Å². The highest BCUT2D eigenvalue weighted by molar-refractivity contribution is 5.74. The zero-order chi connectivity index (χ0) is 9.47. The molecule has 1 aromatic carbocycles. The third-order valence-corrected chi connectivity index (χ3v) is 2.93. The van der Waals surface area contributed by atoms with E-state index in [0.29, 0.717) is 0 Å². The van der Waals surface area contributed by atoms with Gasteiger partial charge in [-0.05, 0) is 37.8 Å². The Morgan fingerprint density at radius 1 is 1.31 bits per heavy atom. The summed E-state index contributed by atoms with van der Waals surface area (Å²) in [7, 11) is 0. The lowest BCUT2D eigenvalue weighted by atomic mass is 9.92. The Hall–Kier alpha value is -1.11. The summed E-state index contributed by atoms with van der Waals surface area (Å²) in [5.41, 5.74) is 3.64. The Kier molecular flexibility index (Phi) is 1.76. The highest BCUT2D eigenvalue weighted by Gasteiger charge is 2.44. The van der Waals surface area contributed by atoms with Gasteiger partial charge in [-0.15, -0.1) is 0 Å². The van der Waals surface area contributed by atoms with E-state index in [4.69, 9.17) is 0 Å². The summed E-state index contributed by atoms with van der Waals surface area (Å²) in [4.78, 5) is 10.9. The third-order valence-electron chi connectivity index (χ3n) is 2.93. The van der Waals surface area contributed by atoms with Crippen LogP contribution < -0.4 is 0 Å². The number of hydrogen-bond acceptors (Lipinski definition) is 1. The summed E-state index contributed by atoms with van der Waals surface area (Å²) < 4.78 is 0. The summed E-state index contributed by atoms with van der Waals surface area (Å²) in [6.45, 7) is 4.17. The van der Waals surface area contributed by atoms with Crippen molar-refractivity contribution in [2.45, 2.75) is 32.1 Å². The lowest BCUT2D eigenvalue weighted by Crippen LogP contribution is -2.09. The van der Waals surface area contributed by atoms with Crippen molar-refractivity contribution < 1.29 is 4.79 Å². The summed E-state index contributed by atoms with van der Waals surface area (Å²) >= 11 is 0. The Morgan fingerprint density at radius 2 is 2.00 bits per heavy atom. The third kappa shape index (κ3) is 1.28. The molecule has 1 heteroatoms. The second kappa shape index (κ2) is 2.69. The van der Waals surface area contributed by atoms with Gasteiger partial charge in [-0.1, -0.05) is 23.8 Å². The number of carbonyl (C=O) groups is 1. The molecule has 1 aliphatic rings. The van der Waals surface area contributed by atoms with Gasteiger partial charge in [0.2, 0.25) is 0 Å². The number of benzene rings is 1. The number of rotatable bonds is 2. The summed E-state index contributed by atoms with van der Waals surface area (Å²) in [5, 5.41) is 0. The topological polar surface area (TPSA) is 17.1 Å². The largest absolute Gasteiger partial charge is 0.302 e. The Bertz CT molecular complexity index is 348. The molecule has 0 saturated heterocycles. The van der Waals surface area contributed by atoms with Crippen LogP contribution in [0.2, 0.25) is 0 Å². The number of aryl methyl sites for hydroxylation is 2. The van der Waals surface area contributed by atoms with Gasteiger partial charge in [0.1, 0.15) is 6.29 Å². The van der Waals surface area contributed by atoms with E-state index < -0.39 is 0 Å². The van der Waals surface area contributed by atoms with Crippen molar-refractivity contribution in [1.82, 2.24) is 0 Å². The number of carbonyl (C=O) groups excluding carboxylic acids is 1. The Morgan fingerprint density at radius 3 is 2.46 bits per heavy atom. The van der Waals surface area contributed by atoms with Crippen LogP contribution in [0.1, 0.15) is 29.5 Å². The van der Waals surface area contributed by atoms with Crippen molar-refractivity contribution >= 4 is 6.29 Å². The molecule has 1 saturated carbocycles. The van der Waals surface area contributed by atoms with E-state index >= 15 is 0 Å². The fraction of sp³-hybridized carbons (Fsp3) is 0.417. The number of hydrogen-bond donors (Lipinski definition) is 0. The van der Waals surface area contributed by atoms with Crippen LogP contribution >= 0.6 is 0 Å². The van der Waals surface area contributed by atoms with Gasteiger partial charge < -0.3 is 4.79 Å². The molecule has 0 amide bonds. The lowest BCUT2D eigenvalue weighted by Gasteiger charge is -2.11. The molecule has 1 fully saturated rings. The molecule has 0 unspecified atom stereocenters. The van der Waals surface area contributed by atoms with E-state index in [1.54, 1.807) is 0 Å². The molecule has 0 aliphatic heterocycles. The van der Waals surface area contributed by atoms with Gasteiger partial charge in [-0.2, -0.15) is 0 Å². The van der Waals surface area contributed by atoms with E-state index in [2.05, 4.69) is 32.0 Å². The van der Waals surface area contributed by atoms with Crippen molar-refractivity contribution in [1.29, 1.82) is 0 Å². The Balaban J connectivity index is 2.47. The fourth-order valence-corrected chi connectivity index (χ4v) is 1.96. The standard InChI is InChI=1S/C12H14O/c1-9-3-4-11(10(2)7-9)12(8-13)5-6-12/h3-4,7-8H,5-6H2,1-2H3. The van der Waals surface area contributed by atoms with Gasteiger partial charge in [-0.25, -0.2) is 0 Å². The molecule has 0 radical (unpaired) electrons. The molecule has 1 aromatic rings. The van der Waals surface area contributed by atoms with E-state index in [-0.39, 0.29) is 5.41 Å². The van der Waals surface area contributed by atoms with Crippen molar-refractivity contribution in [3.05, 3.63) is 34.9 Å².